The van der Waals surface area contributed by atoms with Crippen LogP contribution >= 0.6 is 0 Å². The summed E-state index contributed by atoms with van der Waals surface area (Å²) in [5.74, 6) is -0.516. The molecule has 0 spiro atoms. The number of hydrogen-bond donors (Lipinski definition) is 7. The first kappa shape index (κ1) is 22.4. The first-order valence-electron chi connectivity index (χ1n) is 8.44. The second-order valence-electron chi connectivity index (χ2n) is 6.52. The highest BCUT2D eigenvalue weighted by molar-refractivity contribution is 5.73. The summed E-state index contributed by atoms with van der Waals surface area (Å²) in [6.45, 7) is 0.222. The van der Waals surface area contributed by atoms with E-state index in [2.05, 4.69) is 5.32 Å². The molecule has 1 amide bonds. The van der Waals surface area contributed by atoms with E-state index in [4.69, 9.17) is 18.9 Å². The number of carbonyl (C=O) groups excluding carboxylic acids is 1. The molecule has 0 unspecified atom stereocenters. The standard InChI is InChI=1S/C15H27NO11/c1-5(18)16-8-11(21)9(19)6(3-17)26-14(8)25-4-7-10(20)12(22)13(23)15(24-2)27-7/h6-15,17,19-23H,3-4H2,1-2H3,(H,16,18)/t6-,7-,8+,9-,10-,11-,12+,13-,14-,15+/m1/s1. The number of nitrogens with one attached hydrogen (secondary N) is 1. The van der Waals surface area contributed by atoms with Crippen LogP contribution in [0.25, 0.3) is 0 Å². The predicted octanol–water partition coefficient (Wildman–Crippen LogP) is -4.60. The number of hydrogen-bond acceptors (Lipinski definition) is 11. The van der Waals surface area contributed by atoms with Crippen molar-refractivity contribution < 1.29 is 54.4 Å². The molecule has 12 heteroatoms. The first-order chi connectivity index (χ1) is 12.7. The van der Waals surface area contributed by atoms with E-state index in [0.29, 0.717) is 0 Å². The molecule has 0 aromatic heterocycles. The van der Waals surface area contributed by atoms with Gasteiger partial charge in [0.2, 0.25) is 5.91 Å². The molecule has 2 rings (SSSR count). The SMILES string of the molecule is CO[C@H]1O[C@H](CO[C@@H]2O[C@H](CO)[C@@H](O)[C@H](O)[C@@H]2NC(C)=O)[C@@H](O)[C@H](O)[C@H]1O. The van der Waals surface area contributed by atoms with Crippen LogP contribution in [-0.2, 0) is 23.7 Å². The highest BCUT2D eigenvalue weighted by Gasteiger charge is 2.47. The quantitative estimate of drug-likeness (QED) is 0.228. The fraction of sp³-hybridized carbons (Fsp3) is 0.933. The van der Waals surface area contributed by atoms with E-state index in [9.17, 15) is 35.4 Å². The van der Waals surface area contributed by atoms with Gasteiger partial charge in [-0.1, -0.05) is 0 Å². The Bertz CT molecular complexity index is 492. The van der Waals surface area contributed by atoms with Crippen LogP contribution in [0.2, 0.25) is 0 Å². The van der Waals surface area contributed by atoms with Gasteiger partial charge in [-0.15, -0.1) is 0 Å². The maximum absolute atomic E-state index is 11.4. The second kappa shape index (κ2) is 9.52. The minimum absolute atomic E-state index is 0.369. The number of methoxy groups -OCH3 is 1. The zero-order chi connectivity index (χ0) is 20.3. The number of aliphatic hydroxyl groups excluding tert-OH is 6. The highest BCUT2D eigenvalue weighted by atomic mass is 16.7. The van der Waals surface area contributed by atoms with Crippen molar-refractivity contribution in [3.05, 3.63) is 0 Å². The Kier molecular flexibility index (Phi) is 7.88. The molecule has 0 aliphatic carbocycles. The van der Waals surface area contributed by atoms with Crippen LogP contribution in [0.4, 0.5) is 0 Å². The van der Waals surface area contributed by atoms with Crippen molar-refractivity contribution in [3.63, 3.8) is 0 Å². The maximum Gasteiger partial charge on any atom is 0.217 e. The lowest BCUT2D eigenvalue weighted by Gasteiger charge is -2.44. The lowest BCUT2D eigenvalue weighted by Crippen LogP contribution is -2.65. The van der Waals surface area contributed by atoms with Crippen molar-refractivity contribution in [1.29, 1.82) is 0 Å². The minimum Gasteiger partial charge on any atom is -0.394 e. The molecule has 0 radical (unpaired) electrons. The van der Waals surface area contributed by atoms with E-state index >= 15 is 0 Å². The summed E-state index contributed by atoms with van der Waals surface area (Å²) < 4.78 is 21.1. The number of aliphatic hydroxyl groups is 6. The molecule has 158 valence electrons. The van der Waals surface area contributed by atoms with Gasteiger partial charge in [-0.2, -0.15) is 0 Å². The molecule has 2 fully saturated rings. The van der Waals surface area contributed by atoms with Gasteiger partial charge in [0.1, 0.15) is 48.8 Å². The van der Waals surface area contributed by atoms with Crippen LogP contribution in [0.3, 0.4) is 0 Å². The number of ether oxygens (including phenoxy) is 4. The number of amides is 1. The van der Waals surface area contributed by atoms with Gasteiger partial charge >= 0.3 is 0 Å². The van der Waals surface area contributed by atoms with Crippen molar-refractivity contribution in [2.75, 3.05) is 20.3 Å². The van der Waals surface area contributed by atoms with Crippen molar-refractivity contribution in [3.8, 4) is 0 Å². The Balaban J connectivity index is 2.07. The molecule has 10 atom stereocenters. The highest BCUT2D eigenvalue weighted by Crippen LogP contribution is 2.25. The zero-order valence-corrected chi connectivity index (χ0v) is 14.9. The molecular formula is C15H27NO11. The number of carbonyl (C=O) groups is 1. The van der Waals surface area contributed by atoms with Gasteiger partial charge in [0.15, 0.2) is 12.6 Å². The topological polar surface area (TPSA) is 187 Å². The van der Waals surface area contributed by atoms with Crippen molar-refractivity contribution in [2.45, 2.75) is 68.3 Å². The Morgan fingerprint density at radius 3 is 2.07 bits per heavy atom. The maximum atomic E-state index is 11.4. The molecular weight excluding hydrogens is 370 g/mol. The molecule has 12 nitrogen and oxygen atoms in total. The van der Waals surface area contributed by atoms with Gasteiger partial charge < -0.3 is 54.9 Å². The summed E-state index contributed by atoms with van der Waals surface area (Å²) >= 11 is 0. The predicted molar refractivity (Wildman–Crippen MR) is 85.0 cm³/mol. The molecule has 2 heterocycles. The third kappa shape index (κ3) is 4.92. The van der Waals surface area contributed by atoms with E-state index in [0.717, 1.165) is 0 Å². The summed E-state index contributed by atoms with van der Waals surface area (Å²) in [7, 11) is 1.25. The average Bonchev–Trinajstić information content (AvgIpc) is 2.64. The monoisotopic (exact) mass is 397 g/mol. The number of rotatable bonds is 6. The lowest BCUT2D eigenvalue weighted by molar-refractivity contribution is -0.316. The molecule has 0 saturated carbocycles. The average molecular weight is 397 g/mol. The molecule has 0 aromatic rings. The second-order valence-corrected chi connectivity index (χ2v) is 6.52. The Labute approximate surface area is 155 Å². The normalized spacial score (nSPS) is 45.5. The van der Waals surface area contributed by atoms with Crippen LogP contribution in [0.5, 0.6) is 0 Å². The fourth-order valence-electron chi connectivity index (χ4n) is 3.05. The Hall–Kier alpha value is -0.930. The lowest BCUT2D eigenvalue weighted by atomic mass is 9.96. The molecule has 0 bridgehead atoms. The van der Waals surface area contributed by atoms with E-state index in [1.165, 1.54) is 14.0 Å². The van der Waals surface area contributed by atoms with Gasteiger partial charge in [-0.25, -0.2) is 0 Å². The third-order valence-corrected chi connectivity index (χ3v) is 4.58. The van der Waals surface area contributed by atoms with E-state index in [1.54, 1.807) is 0 Å². The van der Waals surface area contributed by atoms with Crippen molar-refractivity contribution in [1.82, 2.24) is 5.32 Å². The molecule has 0 aromatic carbocycles. The van der Waals surface area contributed by atoms with Crippen LogP contribution < -0.4 is 5.32 Å². The van der Waals surface area contributed by atoms with E-state index < -0.39 is 73.9 Å². The molecule has 2 saturated heterocycles. The van der Waals surface area contributed by atoms with Crippen LogP contribution in [0.15, 0.2) is 0 Å². The fourth-order valence-corrected chi connectivity index (χ4v) is 3.05. The van der Waals surface area contributed by atoms with Crippen molar-refractivity contribution in [2.24, 2.45) is 0 Å². The smallest absolute Gasteiger partial charge is 0.217 e. The first-order valence-corrected chi connectivity index (χ1v) is 8.44. The van der Waals surface area contributed by atoms with Crippen LogP contribution in [0, 0.1) is 0 Å². The summed E-state index contributed by atoms with van der Waals surface area (Å²) in [6, 6.07) is -1.16. The summed E-state index contributed by atoms with van der Waals surface area (Å²) in [5.41, 5.74) is 0. The molecule has 27 heavy (non-hydrogen) atoms. The van der Waals surface area contributed by atoms with Gasteiger partial charge in [-0.05, 0) is 0 Å². The van der Waals surface area contributed by atoms with E-state index in [1.807, 2.05) is 0 Å². The van der Waals surface area contributed by atoms with Crippen molar-refractivity contribution >= 4 is 5.91 Å². The van der Waals surface area contributed by atoms with Gasteiger partial charge in [0.05, 0.1) is 13.2 Å². The largest absolute Gasteiger partial charge is 0.394 e. The minimum atomic E-state index is -1.55. The Morgan fingerprint density at radius 1 is 0.926 bits per heavy atom. The summed E-state index contributed by atoms with van der Waals surface area (Å²) in [4.78, 5) is 11.4. The van der Waals surface area contributed by atoms with Gasteiger partial charge in [-0.3, -0.25) is 4.79 Å². The summed E-state index contributed by atoms with van der Waals surface area (Å²) in [6.07, 6.45) is -12.2. The van der Waals surface area contributed by atoms with Crippen LogP contribution in [0.1, 0.15) is 6.92 Å². The Morgan fingerprint density at radius 2 is 1.52 bits per heavy atom. The molecule has 7 N–H and O–H groups in total. The third-order valence-electron chi connectivity index (χ3n) is 4.58. The van der Waals surface area contributed by atoms with E-state index in [-0.39, 0.29) is 6.61 Å². The zero-order valence-electron chi connectivity index (χ0n) is 14.9. The van der Waals surface area contributed by atoms with Crippen LogP contribution in [-0.4, -0.2) is 118 Å². The molecule has 2 aliphatic rings. The summed E-state index contributed by atoms with van der Waals surface area (Å²) in [5, 5.41) is 61.5. The molecule has 2 aliphatic heterocycles. The van der Waals surface area contributed by atoms with Gasteiger partial charge in [0.25, 0.3) is 0 Å². The van der Waals surface area contributed by atoms with Gasteiger partial charge in [0, 0.05) is 14.0 Å².